The van der Waals surface area contributed by atoms with Crippen LogP contribution in [-0.2, 0) is 9.79 Å². The summed E-state index contributed by atoms with van der Waals surface area (Å²) in [5.74, 6) is 1.30. The van der Waals surface area contributed by atoms with Gasteiger partial charge in [-0.15, -0.1) is 0 Å². The summed E-state index contributed by atoms with van der Waals surface area (Å²) in [4.78, 5) is 27.8. The van der Waals surface area contributed by atoms with E-state index >= 15 is 0 Å². The quantitative estimate of drug-likeness (QED) is 0.324. The number of aliphatic hydroxyl groups excluding tert-OH is 1. The van der Waals surface area contributed by atoms with E-state index < -0.39 is 28.5 Å². The van der Waals surface area contributed by atoms with Crippen LogP contribution < -0.4 is 20.7 Å². The van der Waals surface area contributed by atoms with E-state index in [1.165, 1.54) is 22.5 Å². The minimum atomic E-state index is -1.32. The van der Waals surface area contributed by atoms with E-state index in [4.69, 9.17) is 14.2 Å². The Labute approximate surface area is 230 Å². The number of rotatable bonds is 9. The van der Waals surface area contributed by atoms with Crippen molar-refractivity contribution in [1.82, 2.24) is 9.55 Å². The van der Waals surface area contributed by atoms with Crippen molar-refractivity contribution in [2.45, 2.75) is 35.9 Å². The summed E-state index contributed by atoms with van der Waals surface area (Å²) in [6, 6.07) is 27.0. The van der Waals surface area contributed by atoms with Crippen molar-refractivity contribution in [2.24, 2.45) is 0 Å². The van der Waals surface area contributed by atoms with Crippen molar-refractivity contribution in [1.29, 1.82) is 0 Å². The van der Waals surface area contributed by atoms with Crippen molar-refractivity contribution < 1.29 is 19.3 Å². The van der Waals surface area contributed by atoms with Gasteiger partial charge >= 0.3 is 5.69 Å². The highest BCUT2D eigenvalue weighted by Gasteiger charge is 2.50. The molecule has 1 aliphatic heterocycles. The Bertz CT molecular complexity index is 1470. The van der Waals surface area contributed by atoms with Gasteiger partial charge in [0.1, 0.15) is 24.2 Å². The van der Waals surface area contributed by atoms with Gasteiger partial charge < -0.3 is 19.3 Å². The first-order chi connectivity index (χ1) is 18.9. The molecule has 0 saturated carbocycles. The van der Waals surface area contributed by atoms with Gasteiger partial charge in [0, 0.05) is 18.2 Å². The van der Waals surface area contributed by atoms with Crippen LogP contribution in [0.15, 0.2) is 101 Å². The summed E-state index contributed by atoms with van der Waals surface area (Å²) in [6.07, 6.45) is -0.0516. The molecule has 4 aromatic rings. The molecule has 0 aliphatic carbocycles. The van der Waals surface area contributed by atoms with E-state index in [2.05, 4.69) is 4.98 Å². The predicted molar refractivity (Wildman–Crippen MR) is 150 cm³/mol. The van der Waals surface area contributed by atoms with Crippen LogP contribution in [0.1, 0.15) is 28.4 Å². The predicted octanol–water partition coefficient (Wildman–Crippen LogP) is 4.22. The zero-order valence-corrected chi connectivity index (χ0v) is 22.5. The van der Waals surface area contributed by atoms with Crippen LogP contribution in [0, 0.1) is 6.92 Å². The second-order valence-corrected chi connectivity index (χ2v) is 10.7. The maximum atomic E-state index is 13.2. The van der Waals surface area contributed by atoms with Crippen molar-refractivity contribution in [3.8, 4) is 11.5 Å². The van der Waals surface area contributed by atoms with Gasteiger partial charge in [-0.1, -0.05) is 72.4 Å². The van der Waals surface area contributed by atoms with Gasteiger partial charge in [-0.25, -0.2) is 4.79 Å². The lowest BCUT2D eigenvalue weighted by Crippen LogP contribution is -2.43. The first kappa shape index (κ1) is 26.8. The number of aliphatic hydroxyl groups is 1. The Morgan fingerprint density at radius 1 is 1.00 bits per heavy atom. The molecule has 1 aromatic heterocycles. The number of hydrogen-bond donors (Lipinski definition) is 2. The number of ether oxygens (including phenoxy) is 3. The maximum absolute atomic E-state index is 13.2. The van der Waals surface area contributed by atoms with Crippen molar-refractivity contribution >= 4 is 11.8 Å². The van der Waals surface area contributed by atoms with Crippen LogP contribution in [-0.4, -0.2) is 40.6 Å². The molecule has 3 atom stereocenters. The lowest BCUT2D eigenvalue weighted by molar-refractivity contribution is -0.0606. The topological polar surface area (TPSA) is 103 Å². The monoisotopic (exact) mass is 546 g/mol. The summed E-state index contributed by atoms with van der Waals surface area (Å²) in [7, 11) is 1.59. The van der Waals surface area contributed by atoms with Gasteiger partial charge in [0.2, 0.25) is 5.06 Å². The van der Waals surface area contributed by atoms with E-state index in [9.17, 15) is 14.7 Å². The molecule has 2 N–H and O–H groups in total. The molecule has 5 rings (SSSR count). The van der Waals surface area contributed by atoms with E-state index in [0.717, 1.165) is 11.1 Å². The molecule has 2 heterocycles. The minimum Gasteiger partial charge on any atom is -0.497 e. The summed E-state index contributed by atoms with van der Waals surface area (Å²) in [5.41, 5.74) is 1.32. The molecular formula is C30H30N2O6S. The van der Waals surface area contributed by atoms with E-state index in [1.807, 2.05) is 60.7 Å². The SMILES string of the molecule is COc1ccc(OC[C@H]2O[C@@](SC(c3ccccc3)c3ccccc3)(n3cc(C)c(=O)[nH]c3=O)C[C@@H]2O)cc1. The Balaban J connectivity index is 1.52. The molecule has 1 saturated heterocycles. The van der Waals surface area contributed by atoms with Gasteiger partial charge in [0.05, 0.1) is 18.5 Å². The molecule has 0 amide bonds. The molecule has 8 nitrogen and oxygen atoms in total. The first-order valence-electron chi connectivity index (χ1n) is 12.6. The number of benzene rings is 3. The Kier molecular flexibility index (Phi) is 7.92. The van der Waals surface area contributed by atoms with Crippen LogP contribution in [0.25, 0.3) is 0 Å². The summed E-state index contributed by atoms with van der Waals surface area (Å²) >= 11 is 1.41. The molecule has 1 aliphatic rings. The fraction of sp³-hybridized carbons (Fsp3) is 0.267. The third kappa shape index (κ3) is 5.80. The second kappa shape index (κ2) is 11.5. The summed E-state index contributed by atoms with van der Waals surface area (Å²) < 4.78 is 19.1. The van der Waals surface area contributed by atoms with Crippen LogP contribution >= 0.6 is 11.8 Å². The molecule has 0 bridgehead atoms. The third-order valence-corrected chi connectivity index (χ3v) is 8.31. The van der Waals surface area contributed by atoms with Gasteiger partial charge in [-0.3, -0.25) is 14.3 Å². The fourth-order valence-corrected chi connectivity index (χ4v) is 6.28. The Morgan fingerprint density at radius 2 is 1.59 bits per heavy atom. The number of thioether (sulfide) groups is 1. The van der Waals surface area contributed by atoms with Gasteiger partial charge in [0.25, 0.3) is 5.56 Å². The fourth-order valence-electron chi connectivity index (χ4n) is 4.63. The summed E-state index contributed by atoms with van der Waals surface area (Å²) in [5, 5.41) is 9.63. The number of methoxy groups -OCH3 is 1. The van der Waals surface area contributed by atoms with E-state index in [1.54, 1.807) is 38.3 Å². The van der Waals surface area contributed by atoms with Crippen molar-refractivity contribution in [3.63, 3.8) is 0 Å². The van der Waals surface area contributed by atoms with Crippen molar-refractivity contribution in [2.75, 3.05) is 13.7 Å². The largest absolute Gasteiger partial charge is 0.497 e. The average Bonchev–Trinajstić information content (AvgIpc) is 3.29. The lowest BCUT2D eigenvalue weighted by Gasteiger charge is -2.34. The number of nitrogens with one attached hydrogen (secondary N) is 1. The Hall–Kier alpha value is -3.79. The molecule has 0 spiro atoms. The molecule has 3 aromatic carbocycles. The van der Waals surface area contributed by atoms with Crippen LogP contribution in [0.5, 0.6) is 11.5 Å². The van der Waals surface area contributed by atoms with E-state index in [-0.39, 0.29) is 18.3 Å². The zero-order chi connectivity index (χ0) is 27.4. The van der Waals surface area contributed by atoms with Crippen molar-refractivity contribution in [3.05, 3.63) is 129 Å². The first-order valence-corrected chi connectivity index (χ1v) is 13.5. The van der Waals surface area contributed by atoms with Gasteiger partial charge in [0.15, 0.2) is 0 Å². The molecule has 0 unspecified atom stereocenters. The molecule has 202 valence electrons. The average molecular weight is 547 g/mol. The number of hydrogen-bond acceptors (Lipinski definition) is 7. The maximum Gasteiger partial charge on any atom is 0.331 e. The number of aromatic nitrogens is 2. The second-order valence-electron chi connectivity index (χ2n) is 9.39. The van der Waals surface area contributed by atoms with Gasteiger partial charge in [-0.05, 0) is 42.3 Å². The molecule has 39 heavy (non-hydrogen) atoms. The minimum absolute atomic E-state index is 0.0637. The smallest absolute Gasteiger partial charge is 0.331 e. The number of aromatic amines is 1. The summed E-state index contributed by atoms with van der Waals surface area (Å²) in [6.45, 7) is 1.70. The van der Waals surface area contributed by atoms with E-state index in [0.29, 0.717) is 17.1 Å². The Morgan fingerprint density at radius 3 is 2.18 bits per heavy atom. The lowest BCUT2D eigenvalue weighted by atomic mass is 10.0. The number of nitrogens with zero attached hydrogens (tertiary/aromatic N) is 1. The van der Waals surface area contributed by atoms with Gasteiger partial charge in [-0.2, -0.15) is 0 Å². The highest BCUT2D eigenvalue weighted by Crippen LogP contribution is 2.52. The molecule has 0 radical (unpaired) electrons. The number of H-pyrrole nitrogens is 1. The highest BCUT2D eigenvalue weighted by atomic mass is 32.2. The van der Waals surface area contributed by atoms with Crippen LogP contribution in [0.3, 0.4) is 0 Å². The highest BCUT2D eigenvalue weighted by molar-refractivity contribution is 8.00. The number of aryl methyl sites for hydroxylation is 1. The molecule has 1 fully saturated rings. The zero-order valence-electron chi connectivity index (χ0n) is 21.7. The molecular weight excluding hydrogens is 516 g/mol. The van der Waals surface area contributed by atoms with Crippen LogP contribution in [0.4, 0.5) is 0 Å². The third-order valence-electron chi connectivity index (χ3n) is 6.70. The molecule has 9 heteroatoms. The normalized spacial score (nSPS) is 20.7. The standard InChI is InChI=1S/C30H30N2O6S/c1-20-18-32(29(35)31-28(20)34)30(39-27(21-9-5-3-6-10-21)22-11-7-4-8-12-22)17-25(33)26(38-30)19-37-24-15-13-23(36-2)14-16-24/h3-16,18,25-27,33H,17,19H2,1-2H3,(H,31,34,35)/t25-,26+,30-/m0/s1. The van der Waals surface area contributed by atoms with Crippen LogP contribution in [0.2, 0.25) is 0 Å².